The molecule has 17 heavy (non-hydrogen) atoms. The van der Waals surface area contributed by atoms with Crippen LogP contribution in [-0.2, 0) is 0 Å². The topological polar surface area (TPSA) is 23.8 Å². The summed E-state index contributed by atoms with van der Waals surface area (Å²) in [6.07, 6.45) is 0. The molecule has 0 fully saturated rings. The van der Waals surface area contributed by atoms with Gasteiger partial charge >= 0.3 is 0 Å². The molecule has 4 heteroatoms. The van der Waals surface area contributed by atoms with Gasteiger partial charge in [0.1, 0.15) is 6.07 Å². The van der Waals surface area contributed by atoms with E-state index in [1.165, 1.54) is 11.8 Å². The third kappa shape index (κ3) is 2.95. The van der Waals surface area contributed by atoms with Crippen LogP contribution in [0.4, 0.5) is 0 Å². The molecule has 0 aliphatic carbocycles. The fraction of sp³-hybridized carbons (Fsp3) is 0. The van der Waals surface area contributed by atoms with E-state index in [9.17, 15) is 0 Å². The average Bonchev–Trinajstić information content (AvgIpc) is 2.32. The van der Waals surface area contributed by atoms with Crippen molar-refractivity contribution in [2.75, 3.05) is 0 Å². The maximum absolute atomic E-state index is 9.02. The van der Waals surface area contributed by atoms with Gasteiger partial charge in [0.15, 0.2) is 0 Å². The summed E-state index contributed by atoms with van der Waals surface area (Å²) in [6, 6.07) is 14.8. The number of hydrogen-bond donors (Lipinski definition) is 0. The Morgan fingerprint density at radius 2 is 1.76 bits per heavy atom. The minimum absolute atomic E-state index is 0.597. The summed E-state index contributed by atoms with van der Waals surface area (Å²) >= 11 is 13.4. The molecular formula is C13H7Cl2NS. The molecule has 0 unspecified atom stereocenters. The highest BCUT2D eigenvalue weighted by Gasteiger charge is 2.07. The van der Waals surface area contributed by atoms with Crippen LogP contribution in [0.2, 0.25) is 10.0 Å². The van der Waals surface area contributed by atoms with Crippen LogP contribution in [0.1, 0.15) is 5.56 Å². The molecule has 1 nitrogen and oxygen atoms in total. The molecule has 2 aromatic rings. The van der Waals surface area contributed by atoms with Crippen molar-refractivity contribution in [3.05, 3.63) is 58.1 Å². The summed E-state index contributed by atoms with van der Waals surface area (Å²) in [6.45, 7) is 0. The first-order valence-corrected chi connectivity index (χ1v) is 6.40. The van der Waals surface area contributed by atoms with Gasteiger partial charge in [-0.25, -0.2) is 0 Å². The monoisotopic (exact) mass is 279 g/mol. The highest BCUT2D eigenvalue weighted by atomic mass is 35.5. The lowest BCUT2D eigenvalue weighted by Gasteiger charge is -2.05. The Bertz CT molecular complexity index is 590. The SMILES string of the molecule is N#Cc1ccc(Cl)cc1Sc1ccccc1Cl. The van der Waals surface area contributed by atoms with Crippen molar-refractivity contribution in [3.8, 4) is 6.07 Å². The van der Waals surface area contributed by atoms with Crippen molar-refractivity contribution in [2.24, 2.45) is 0 Å². The summed E-state index contributed by atoms with van der Waals surface area (Å²) in [5, 5.41) is 10.3. The van der Waals surface area contributed by atoms with Crippen molar-refractivity contribution in [2.45, 2.75) is 9.79 Å². The molecule has 2 rings (SSSR count). The molecule has 0 saturated carbocycles. The van der Waals surface area contributed by atoms with Crippen molar-refractivity contribution >= 4 is 35.0 Å². The van der Waals surface area contributed by atoms with E-state index in [4.69, 9.17) is 28.5 Å². The van der Waals surface area contributed by atoms with Crippen LogP contribution in [-0.4, -0.2) is 0 Å². The standard InChI is InChI=1S/C13H7Cl2NS/c14-10-6-5-9(8-16)13(7-10)17-12-4-2-1-3-11(12)15/h1-7H. The maximum atomic E-state index is 9.02. The second kappa shape index (κ2) is 5.46. The molecule has 0 aliphatic heterocycles. The first kappa shape index (κ1) is 12.3. The largest absolute Gasteiger partial charge is 0.192 e. The van der Waals surface area contributed by atoms with E-state index in [2.05, 4.69) is 6.07 Å². The molecule has 0 heterocycles. The van der Waals surface area contributed by atoms with Gasteiger partial charge in [-0.1, -0.05) is 47.1 Å². The van der Waals surface area contributed by atoms with E-state index < -0.39 is 0 Å². The van der Waals surface area contributed by atoms with Crippen LogP contribution in [0.25, 0.3) is 0 Å². The molecule has 0 atom stereocenters. The predicted octanol–water partition coefficient (Wildman–Crippen LogP) is 5.02. The van der Waals surface area contributed by atoms with Gasteiger partial charge in [-0.2, -0.15) is 5.26 Å². The summed E-state index contributed by atoms with van der Waals surface area (Å²) < 4.78 is 0. The number of nitrogens with zero attached hydrogens (tertiary/aromatic N) is 1. The molecule has 0 N–H and O–H groups in total. The molecular weight excluding hydrogens is 273 g/mol. The normalized spacial score (nSPS) is 9.94. The minimum Gasteiger partial charge on any atom is -0.192 e. The van der Waals surface area contributed by atoms with E-state index >= 15 is 0 Å². The molecule has 0 radical (unpaired) electrons. The van der Waals surface area contributed by atoms with Crippen LogP contribution in [0.15, 0.2) is 52.3 Å². The number of nitriles is 1. The van der Waals surface area contributed by atoms with Gasteiger partial charge in [0.25, 0.3) is 0 Å². The minimum atomic E-state index is 0.597. The molecule has 0 bridgehead atoms. The second-order valence-corrected chi connectivity index (χ2v) is 5.21. The molecule has 84 valence electrons. The lowest BCUT2D eigenvalue weighted by Crippen LogP contribution is -1.82. The van der Waals surface area contributed by atoms with Crippen LogP contribution < -0.4 is 0 Å². The fourth-order valence-corrected chi connectivity index (χ4v) is 2.77. The van der Waals surface area contributed by atoms with Crippen LogP contribution in [0.3, 0.4) is 0 Å². The summed E-state index contributed by atoms with van der Waals surface area (Å²) in [5.74, 6) is 0. The van der Waals surface area contributed by atoms with E-state index in [1.54, 1.807) is 18.2 Å². The van der Waals surface area contributed by atoms with Gasteiger partial charge in [0.2, 0.25) is 0 Å². The quantitative estimate of drug-likeness (QED) is 0.771. The van der Waals surface area contributed by atoms with Crippen molar-refractivity contribution < 1.29 is 0 Å². The van der Waals surface area contributed by atoms with E-state index in [0.717, 1.165) is 9.79 Å². The lowest BCUT2D eigenvalue weighted by atomic mass is 10.2. The molecule has 0 saturated heterocycles. The molecule has 0 aromatic heterocycles. The van der Waals surface area contributed by atoms with Gasteiger partial charge < -0.3 is 0 Å². The smallest absolute Gasteiger partial charge is 0.100 e. The lowest BCUT2D eigenvalue weighted by molar-refractivity contribution is 1.35. The Morgan fingerprint density at radius 1 is 1.00 bits per heavy atom. The van der Waals surface area contributed by atoms with Crippen LogP contribution >= 0.6 is 35.0 Å². The number of hydrogen-bond acceptors (Lipinski definition) is 2. The van der Waals surface area contributed by atoms with Gasteiger partial charge in [-0.3, -0.25) is 0 Å². The number of halogens is 2. The molecule has 0 spiro atoms. The maximum Gasteiger partial charge on any atom is 0.100 e. The predicted molar refractivity (Wildman–Crippen MR) is 71.7 cm³/mol. The molecule has 2 aromatic carbocycles. The highest BCUT2D eigenvalue weighted by molar-refractivity contribution is 7.99. The highest BCUT2D eigenvalue weighted by Crippen LogP contribution is 2.35. The van der Waals surface area contributed by atoms with Crippen molar-refractivity contribution in [1.29, 1.82) is 5.26 Å². The van der Waals surface area contributed by atoms with Gasteiger partial charge in [0.05, 0.1) is 10.6 Å². The summed E-state index contributed by atoms with van der Waals surface area (Å²) in [7, 11) is 0. The Morgan fingerprint density at radius 3 is 2.47 bits per heavy atom. The van der Waals surface area contributed by atoms with Crippen LogP contribution in [0.5, 0.6) is 0 Å². The third-order valence-corrected chi connectivity index (χ3v) is 3.93. The average molecular weight is 280 g/mol. The Balaban J connectivity index is 2.40. The van der Waals surface area contributed by atoms with Gasteiger partial charge in [-0.15, -0.1) is 0 Å². The third-order valence-electron chi connectivity index (χ3n) is 2.12. The summed E-state index contributed by atoms with van der Waals surface area (Å²) in [5.41, 5.74) is 0.597. The first-order chi connectivity index (χ1) is 8.20. The second-order valence-electron chi connectivity index (χ2n) is 3.28. The van der Waals surface area contributed by atoms with Crippen LogP contribution in [0, 0.1) is 11.3 Å². The van der Waals surface area contributed by atoms with E-state index in [1.807, 2.05) is 24.3 Å². The Kier molecular flexibility index (Phi) is 3.96. The van der Waals surface area contributed by atoms with Gasteiger partial charge in [-0.05, 0) is 30.3 Å². The fourth-order valence-electron chi connectivity index (χ4n) is 1.32. The first-order valence-electron chi connectivity index (χ1n) is 4.83. The molecule has 0 aliphatic rings. The zero-order valence-corrected chi connectivity index (χ0v) is 11.0. The zero-order valence-electron chi connectivity index (χ0n) is 8.65. The zero-order chi connectivity index (χ0) is 12.3. The van der Waals surface area contributed by atoms with Gasteiger partial charge in [0, 0.05) is 14.8 Å². The number of rotatable bonds is 2. The van der Waals surface area contributed by atoms with Crippen molar-refractivity contribution in [1.82, 2.24) is 0 Å². The van der Waals surface area contributed by atoms with Crippen molar-refractivity contribution in [3.63, 3.8) is 0 Å². The Hall–Kier alpha value is -1.14. The van der Waals surface area contributed by atoms with E-state index in [0.29, 0.717) is 15.6 Å². The molecule has 0 amide bonds. The Labute approximate surface area is 114 Å². The summed E-state index contributed by atoms with van der Waals surface area (Å²) in [4.78, 5) is 1.72. The number of benzene rings is 2. The van der Waals surface area contributed by atoms with E-state index in [-0.39, 0.29) is 0 Å².